The van der Waals surface area contributed by atoms with Crippen LogP contribution < -0.4 is 0 Å². The molecule has 0 amide bonds. The zero-order chi connectivity index (χ0) is 12.1. The third-order valence-corrected chi connectivity index (χ3v) is 3.56. The quantitative estimate of drug-likeness (QED) is 0.494. The van der Waals surface area contributed by atoms with Crippen molar-refractivity contribution in [3.8, 4) is 0 Å². The minimum Gasteiger partial charge on any atom is -0.411 e. The molecule has 92 valence electrons. The van der Waals surface area contributed by atoms with E-state index in [2.05, 4.69) is 41.2 Å². The fourth-order valence-electron chi connectivity index (χ4n) is 2.38. The molecule has 17 heavy (non-hydrogen) atoms. The summed E-state index contributed by atoms with van der Waals surface area (Å²) in [7, 11) is 0. The Morgan fingerprint density at radius 2 is 2.06 bits per heavy atom. The van der Waals surface area contributed by atoms with E-state index in [-0.39, 0.29) is 0 Å². The molecule has 1 aliphatic rings. The van der Waals surface area contributed by atoms with Gasteiger partial charge in [0.25, 0.3) is 0 Å². The number of hydrogen-bond acceptors (Lipinski definition) is 3. The number of benzene rings is 1. The van der Waals surface area contributed by atoms with Gasteiger partial charge in [-0.25, -0.2) is 0 Å². The molecule has 1 aliphatic heterocycles. The van der Waals surface area contributed by atoms with Crippen LogP contribution in [0.4, 0.5) is 0 Å². The van der Waals surface area contributed by atoms with Crippen molar-refractivity contribution in [2.75, 3.05) is 13.1 Å². The smallest absolute Gasteiger partial charge is 0.0467 e. The van der Waals surface area contributed by atoms with Gasteiger partial charge in [0, 0.05) is 12.8 Å². The molecule has 0 spiro atoms. The van der Waals surface area contributed by atoms with Crippen molar-refractivity contribution in [1.29, 1.82) is 0 Å². The van der Waals surface area contributed by atoms with Gasteiger partial charge in [-0.05, 0) is 49.9 Å². The summed E-state index contributed by atoms with van der Waals surface area (Å²) in [5.41, 5.74) is 2.79. The van der Waals surface area contributed by atoms with Gasteiger partial charge >= 0.3 is 0 Å². The summed E-state index contributed by atoms with van der Waals surface area (Å²) in [6.07, 6.45) is 3.86. The van der Waals surface area contributed by atoms with Gasteiger partial charge in [-0.2, -0.15) is 0 Å². The maximum atomic E-state index is 8.51. The second kappa shape index (κ2) is 5.82. The highest BCUT2D eigenvalue weighted by Gasteiger charge is 2.18. The van der Waals surface area contributed by atoms with Crippen molar-refractivity contribution >= 4 is 6.21 Å². The topological polar surface area (TPSA) is 35.8 Å². The van der Waals surface area contributed by atoms with Crippen LogP contribution in [0.25, 0.3) is 0 Å². The largest absolute Gasteiger partial charge is 0.411 e. The van der Waals surface area contributed by atoms with Gasteiger partial charge in [-0.1, -0.05) is 24.3 Å². The summed E-state index contributed by atoms with van der Waals surface area (Å²) in [4.78, 5) is 2.48. The van der Waals surface area contributed by atoms with Gasteiger partial charge in [0.15, 0.2) is 0 Å². The molecule has 1 aromatic rings. The predicted molar refractivity (Wildman–Crippen MR) is 69.5 cm³/mol. The summed E-state index contributed by atoms with van der Waals surface area (Å²) in [5.74, 6) is 0.452. The molecule has 0 unspecified atom stereocenters. The van der Waals surface area contributed by atoms with Crippen molar-refractivity contribution in [2.45, 2.75) is 26.3 Å². The van der Waals surface area contributed by atoms with Gasteiger partial charge in [0.2, 0.25) is 0 Å². The Balaban J connectivity index is 1.88. The predicted octanol–water partition coefficient (Wildman–Crippen LogP) is 2.67. The molecular weight excluding hydrogens is 212 g/mol. The Morgan fingerprint density at radius 1 is 1.35 bits per heavy atom. The first-order valence-corrected chi connectivity index (χ1v) is 6.24. The number of aryl methyl sites for hydroxylation is 1. The molecule has 1 aromatic carbocycles. The van der Waals surface area contributed by atoms with Crippen LogP contribution in [0.2, 0.25) is 0 Å². The third kappa shape index (κ3) is 3.30. The van der Waals surface area contributed by atoms with E-state index in [9.17, 15) is 0 Å². The van der Waals surface area contributed by atoms with E-state index in [0.29, 0.717) is 5.92 Å². The molecule has 0 aromatic heterocycles. The maximum Gasteiger partial charge on any atom is 0.0467 e. The second-order valence-corrected chi connectivity index (χ2v) is 4.80. The van der Waals surface area contributed by atoms with Gasteiger partial charge in [0.05, 0.1) is 0 Å². The highest BCUT2D eigenvalue weighted by Crippen LogP contribution is 2.18. The SMILES string of the molecule is Cc1ccccc1CN1CCC(C=NO)CC1. The molecule has 1 fully saturated rings. The minimum absolute atomic E-state index is 0.452. The lowest BCUT2D eigenvalue weighted by Gasteiger charge is -2.30. The van der Waals surface area contributed by atoms with Crippen LogP contribution in [0.1, 0.15) is 24.0 Å². The van der Waals surface area contributed by atoms with Gasteiger partial charge in [-0.3, -0.25) is 4.90 Å². The molecule has 0 bridgehead atoms. The normalized spacial score (nSPS) is 18.9. The fourth-order valence-corrected chi connectivity index (χ4v) is 2.38. The van der Waals surface area contributed by atoms with Crippen molar-refractivity contribution in [1.82, 2.24) is 4.90 Å². The molecule has 3 nitrogen and oxygen atoms in total. The van der Waals surface area contributed by atoms with E-state index in [1.54, 1.807) is 6.21 Å². The average molecular weight is 232 g/mol. The highest BCUT2D eigenvalue weighted by atomic mass is 16.4. The molecule has 1 N–H and O–H groups in total. The number of nitrogens with zero attached hydrogens (tertiary/aromatic N) is 2. The summed E-state index contributed by atoms with van der Waals surface area (Å²) in [5, 5.41) is 11.7. The van der Waals surface area contributed by atoms with Crippen molar-refractivity contribution in [3.05, 3.63) is 35.4 Å². The number of hydrogen-bond donors (Lipinski definition) is 1. The molecule has 0 aliphatic carbocycles. The first-order valence-electron chi connectivity index (χ1n) is 6.24. The lowest BCUT2D eigenvalue weighted by Crippen LogP contribution is -2.33. The van der Waals surface area contributed by atoms with E-state index < -0.39 is 0 Å². The van der Waals surface area contributed by atoms with Crippen LogP contribution in [0.15, 0.2) is 29.4 Å². The zero-order valence-electron chi connectivity index (χ0n) is 10.3. The van der Waals surface area contributed by atoms with Crippen molar-refractivity contribution in [3.63, 3.8) is 0 Å². The first-order chi connectivity index (χ1) is 8.29. The zero-order valence-corrected chi connectivity index (χ0v) is 10.3. The molecule has 0 atom stereocenters. The molecule has 2 rings (SSSR count). The summed E-state index contributed by atoms with van der Waals surface area (Å²) in [6.45, 7) is 5.38. The first kappa shape index (κ1) is 12.1. The van der Waals surface area contributed by atoms with Crippen LogP contribution >= 0.6 is 0 Å². The lowest BCUT2D eigenvalue weighted by molar-refractivity contribution is 0.201. The average Bonchev–Trinajstić information content (AvgIpc) is 2.35. The van der Waals surface area contributed by atoms with Crippen LogP contribution in [0.3, 0.4) is 0 Å². The summed E-state index contributed by atoms with van der Waals surface area (Å²) >= 11 is 0. The monoisotopic (exact) mass is 232 g/mol. The van der Waals surface area contributed by atoms with Crippen molar-refractivity contribution < 1.29 is 5.21 Å². The Kier molecular flexibility index (Phi) is 4.15. The standard InChI is InChI=1S/C14H20N2O/c1-12-4-2-3-5-14(12)11-16-8-6-13(7-9-16)10-15-17/h2-5,10,13,17H,6-9,11H2,1H3. The van der Waals surface area contributed by atoms with Crippen LogP contribution in [0.5, 0.6) is 0 Å². The summed E-state index contributed by atoms with van der Waals surface area (Å²) in [6, 6.07) is 8.56. The Hall–Kier alpha value is -1.35. The fraction of sp³-hybridized carbons (Fsp3) is 0.500. The number of rotatable bonds is 3. The lowest BCUT2D eigenvalue weighted by atomic mass is 9.97. The van der Waals surface area contributed by atoms with Crippen LogP contribution in [0, 0.1) is 12.8 Å². The Labute approximate surface area is 103 Å². The van der Waals surface area contributed by atoms with E-state index in [1.165, 1.54) is 11.1 Å². The number of oxime groups is 1. The van der Waals surface area contributed by atoms with Gasteiger partial charge < -0.3 is 5.21 Å². The maximum absolute atomic E-state index is 8.51. The molecule has 1 heterocycles. The molecule has 1 saturated heterocycles. The molecule has 3 heteroatoms. The summed E-state index contributed by atoms with van der Waals surface area (Å²) < 4.78 is 0. The molecule has 0 radical (unpaired) electrons. The number of likely N-dealkylation sites (tertiary alicyclic amines) is 1. The second-order valence-electron chi connectivity index (χ2n) is 4.80. The van der Waals surface area contributed by atoms with Crippen LogP contribution in [-0.4, -0.2) is 29.4 Å². The van der Waals surface area contributed by atoms with E-state index in [4.69, 9.17) is 5.21 Å². The van der Waals surface area contributed by atoms with Crippen LogP contribution in [-0.2, 0) is 6.54 Å². The van der Waals surface area contributed by atoms with E-state index in [0.717, 1.165) is 32.5 Å². The molecular formula is C14H20N2O. The third-order valence-electron chi connectivity index (χ3n) is 3.56. The number of piperidine rings is 1. The molecule has 0 saturated carbocycles. The minimum atomic E-state index is 0.452. The van der Waals surface area contributed by atoms with E-state index in [1.807, 2.05) is 0 Å². The van der Waals surface area contributed by atoms with Gasteiger partial charge in [-0.15, -0.1) is 5.16 Å². The Morgan fingerprint density at radius 3 is 2.71 bits per heavy atom. The van der Waals surface area contributed by atoms with Gasteiger partial charge in [0.1, 0.15) is 0 Å². The Bertz CT molecular complexity index is 382. The van der Waals surface area contributed by atoms with Crippen molar-refractivity contribution in [2.24, 2.45) is 11.1 Å². The van der Waals surface area contributed by atoms with E-state index >= 15 is 0 Å². The highest BCUT2D eigenvalue weighted by molar-refractivity contribution is 5.59.